The van der Waals surface area contributed by atoms with E-state index < -0.39 is 0 Å². The average molecular weight is 365 g/mol. The second-order valence-electron chi connectivity index (χ2n) is 5.00. The van der Waals surface area contributed by atoms with E-state index in [2.05, 4.69) is 15.6 Å². The lowest BCUT2D eigenvalue weighted by Crippen LogP contribution is -2.13. The van der Waals surface area contributed by atoms with Gasteiger partial charge in [0.25, 0.3) is 0 Å². The molecule has 3 rings (SSSR count). The van der Waals surface area contributed by atoms with Gasteiger partial charge in [-0.05, 0) is 42.0 Å². The van der Waals surface area contributed by atoms with E-state index in [-0.39, 0.29) is 12.4 Å². The summed E-state index contributed by atoms with van der Waals surface area (Å²) < 4.78 is 21.4. The van der Waals surface area contributed by atoms with Gasteiger partial charge in [0.15, 0.2) is 0 Å². The number of H-pyrrole nitrogens is 1. The van der Waals surface area contributed by atoms with Crippen molar-refractivity contribution in [1.82, 2.24) is 14.9 Å². The third-order valence-corrected chi connectivity index (χ3v) is 4.02. The number of hydrogen-bond donors (Lipinski definition) is 2. The molecule has 0 bridgehead atoms. The maximum Gasteiger partial charge on any atom is 0.214 e. The number of hydrogen-bond acceptors (Lipinski definition) is 4. The minimum Gasteiger partial charge on any atom is -0.489 e. The molecule has 0 fully saturated rings. The van der Waals surface area contributed by atoms with Gasteiger partial charge in [-0.25, -0.2) is 9.07 Å². The van der Waals surface area contributed by atoms with E-state index in [1.54, 1.807) is 23.1 Å². The molecule has 24 heavy (non-hydrogen) atoms. The first-order valence-electron chi connectivity index (χ1n) is 7.14. The zero-order chi connectivity index (χ0) is 16.9. The molecule has 0 saturated carbocycles. The second-order valence-corrected chi connectivity index (χ2v) is 5.79. The van der Waals surface area contributed by atoms with Crippen molar-refractivity contribution in [2.75, 3.05) is 5.43 Å². The van der Waals surface area contributed by atoms with Crippen molar-refractivity contribution in [2.45, 2.75) is 13.2 Å². The Labute approximate surface area is 148 Å². The molecule has 1 heterocycles. The molecule has 5 nitrogen and oxygen atoms in total. The largest absolute Gasteiger partial charge is 0.489 e. The Kier molecular flexibility index (Phi) is 5.12. The van der Waals surface area contributed by atoms with Crippen LogP contribution in [-0.4, -0.2) is 14.9 Å². The minimum absolute atomic E-state index is 0.0767. The molecule has 2 N–H and O–H groups in total. The predicted octanol–water partition coefficient (Wildman–Crippen LogP) is 4.06. The van der Waals surface area contributed by atoms with Gasteiger partial charge in [0.05, 0.1) is 11.6 Å². The summed E-state index contributed by atoms with van der Waals surface area (Å²) in [5.74, 6) is 0.262. The molecule has 124 valence electrons. The summed E-state index contributed by atoms with van der Waals surface area (Å²) in [6.45, 7) is 0.653. The minimum atomic E-state index is -0.375. The van der Waals surface area contributed by atoms with Crippen LogP contribution in [-0.2, 0) is 13.2 Å². The van der Waals surface area contributed by atoms with Crippen LogP contribution in [0, 0.1) is 10.6 Å². The van der Waals surface area contributed by atoms with Gasteiger partial charge in [0.2, 0.25) is 4.77 Å². The van der Waals surface area contributed by atoms with Gasteiger partial charge < -0.3 is 10.2 Å². The fraction of sp³-hybridized carbons (Fsp3) is 0.125. The van der Waals surface area contributed by atoms with E-state index in [1.165, 1.54) is 6.07 Å². The standard InChI is InChI=1S/C16H14ClFN4OS/c17-14-2-1-3-15(18)13(14)9-23-12-6-4-11(5-7-12)8-20-22-10-19-21-16(22)24/h1-7,10,20H,8-9H2,(H,21,24). The first-order valence-corrected chi connectivity index (χ1v) is 7.92. The third kappa shape index (κ3) is 3.93. The first-order chi connectivity index (χ1) is 11.6. The van der Waals surface area contributed by atoms with Gasteiger partial charge in [-0.3, -0.25) is 5.10 Å². The van der Waals surface area contributed by atoms with Crippen molar-refractivity contribution < 1.29 is 9.13 Å². The number of aromatic nitrogens is 3. The molecule has 3 aromatic rings. The van der Waals surface area contributed by atoms with Gasteiger partial charge in [-0.2, -0.15) is 5.10 Å². The maximum atomic E-state index is 13.7. The molecule has 0 aliphatic carbocycles. The van der Waals surface area contributed by atoms with Crippen molar-refractivity contribution >= 4 is 23.8 Å². The molecule has 0 unspecified atom stereocenters. The van der Waals surface area contributed by atoms with Crippen LogP contribution in [0.15, 0.2) is 48.8 Å². The van der Waals surface area contributed by atoms with Gasteiger partial charge in [0.1, 0.15) is 24.5 Å². The molecule has 0 aliphatic heterocycles. The summed E-state index contributed by atoms with van der Waals surface area (Å²) in [6, 6.07) is 12.0. The first kappa shape index (κ1) is 16.5. The number of ether oxygens (including phenoxy) is 1. The van der Waals surface area contributed by atoms with Crippen molar-refractivity contribution in [3.05, 3.63) is 75.5 Å². The lowest BCUT2D eigenvalue weighted by atomic mass is 10.2. The molecule has 0 spiro atoms. The topological polar surface area (TPSA) is 54.9 Å². The highest BCUT2D eigenvalue weighted by Crippen LogP contribution is 2.21. The van der Waals surface area contributed by atoms with E-state index in [1.807, 2.05) is 24.3 Å². The summed E-state index contributed by atoms with van der Waals surface area (Å²) in [7, 11) is 0. The molecular weight excluding hydrogens is 351 g/mol. The number of aromatic amines is 1. The Bertz CT molecular complexity index is 858. The van der Waals surface area contributed by atoms with Crippen molar-refractivity contribution in [3.63, 3.8) is 0 Å². The normalized spacial score (nSPS) is 10.6. The molecule has 0 radical (unpaired) electrons. The van der Waals surface area contributed by atoms with Crippen LogP contribution in [0.5, 0.6) is 5.75 Å². The van der Waals surface area contributed by atoms with Gasteiger partial charge >= 0.3 is 0 Å². The van der Waals surface area contributed by atoms with Crippen molar-refractivity contribution in [2.24, 2.45) is 0 Å². The summed E-state index contributed by atoms with van der Waals surface area (Å²) in [5, 5.41) is 6.84. The summed E-state index contributed by atoms with van der Waals surface area (Å²) in [4.78, 5) is 0. The van der Waals surface area contributed by atoms with Crippen molar-refractivity contribution in [1.29, 1.82) is 0 Å². The van der Waals surface area contributed by atoms with Crippen LogP contribution in [0.4, 0.5) is 4.39 Å². The average Bonchev–Trinajstić information content (AvgIpc) is 2.99. The van der Waals surface area contributed by atoms with E-state index in [4.69, 9.17) is 28.6 Å². The number of benzene rings is 2. The van der Waals surface area contributed by atoms with Crippen molar-refractivity contribution in [3.8, 4) is 5.75 Å². The number of nitrogens with one attached hydrogen (secondary N) is 2. The van der Waals surface area contributed by atoms with Crippen LogP contribution in [0.2, 0.25) is 5.02 Å². The lowest BCUT2D eigenvalue weighted by Gasteiger charge is -2.10. The highest BCUT2D eigenvalue weighted by atomic mass is 35.5. The Hall–Kier alpha value is -2.38. The second kappa shape index (κ2) is 7.46. The highest BCUT2D eigenvalue weighted by molar-refractivity contribution is 7.71. The van der Waals surface area contributed by atoms with Gasteiger partial charge in [-0.15, -0.1) is 0 Å². The number of halogens is 2. The van der Waals surface area contributed by atoms with E-state index >= 15 is 0 Å². The molecule has 8 heteroatoms. The summed E-state index contributed by atoms with van der Waals surface area (Å²) >= 11 is 11.0. The zero-order valence-corrected chi connectivity index (χ0v) is 14.1. The van der Waals surface area contributed by atoms with Crippen LogP contribution >= 0.6 is 23.8 Å². The van der Waals surface area contributed by atoms with Gasteiger partial charge in [0, 0.05) is 5.56 Å². The van der Waals surface area contributed by atoms with E-state index in [0.717, 1.165) is 5.56 Å². The van der Waals surface area contributed by atoms with Gasteiger partial charge in [-0.1, -0.05) is 29.8 Å². The lowest BCUT2D eigenvalue weighted by molar-refractivity contribution is 0.300. The van der Waals surface area contributed by atoms with Crippen LogP contribution in [0.3, 0.4) is 0 Å². The van der Waals surface area contributed by atoms with E-state index in [9.17, 15) is 4.39 Å². The summed E-state index contributed by atoms with van der Waals surface area (Å²) in [6.07, 6.45) is 1.57. The quantitative estimate of drug-likeness (QED) is 0.648. The molecule has 0 amide bonds. The third-order valence-electron chi connectivity index (χ3n) is 3.37. The SMILES string of the molecule is Fc1cccc(Cl)c1COc1ccc(CNn2cn[nH]c2=S)cc1. The smallest absolute Gasteiger partial charge is 0.214 e. The zero-order valence-electron chi connectivity index (χ0n) is 12.5. The molecule has 2 aromatic carbocycles. The fourth-order valence-corrected chi connectivity index (χ4v) is 2.45. The molecule has 0 saturated heterocycles. The van der Waals surface area contributed by atoms with Crippen LogP contribution in [0.1, 0.15) is 11.1 Å². The number of nitrogens with zero attached hydrogens (tertiary/aromatic N) is 2. The molecular formula is C16H14ClFN4OS. The monoisotopic (exact) mass is 364 g/mol. The summed E-state index contributed by atoms with van der Waals surface area (Å²) in [5.41, 5.74) is 4.50. The molecule has 1 aromatic heterocycles. The molecule has 0 aliphatic rings. The van der Waals surface area contributed by atoms with Crippen LogP contribution in [0.25, 0.3) is 0 Å². The fourth-order valence-electron chi connectivity index (χ4n) is 2.07. The Balaban J connectivity index is 1.58. The predicted molar refractivity (Wildman–Crippen MR) is 92.7 cm³/mol. The van der Waals surface area contributed by atoms with E-state index in [0.29, 0.717) is 27.7 Å². The van der Waals surface area contributed by atoms with Crippen LogP contribution < -0.4 is 10.2 Å². The number of rotatable bonds is 6. The Morgan fingerprint density at radius 2 is 2.04 bits per heavy atom. The highest BCUT2D eigenvalue weighted by Gasteiger charge is 2.07. The Morgan fingerprint density at radius 1 is 1.25 bits per heavy atom. The Morgan fingerprint density at radius 3 is 2.71 bits per heavy atom. The molecule has 0 atom stereocenters. The maximum absolute atomic E-state index is 13.7.